The highest BCUT2D eigenvalue weighted by atomic mass is 16.4. The second kappa shape index (κ2) is 5.72. The third kappa shape index (κ3) is 3.72. The molecule has 16 heavy (non-hydrogen) atoms. The Bertz CT molecular complexity index is 266. The number of aliphatic carboxylic acids is 1. The van der Waals surface area contributed by atoms with Crippen molar-refractivity contribution in [1.82, 2.24) is 10.2 Å². The molecule has 0 aromatic carbocycles. The van der Waals surface area contributed by atoms with Crippen molar-refractivity contribution in [2.75, 3.05) is 13.6 Å². The molecule has 0 saturated carbocycles. The Kier molecular flexibility index (Phi) is 5.27. The highest BCUT2D eigenvalue weighted by Gasteiger charge is 2.31. The van der Waals surface area contributed by atoms with Gasteiger partial charge in [0.15, 0.2) is 0 Å². The van der Waals surface area contributed by atoms with Crippen LogP contribution in [-0.2, 0) is 4.79 Å². The second-order valence-corrected chi connectivity index (χ2v) is 4.58. The van der Waals surface area contributed by atoms with E-state index in [0.717, 1.165) is 0 Å². The molecule has 2 amide bonds. The summed E-state index contributed by atoms with van der Waals surface area (Å²) in [4.78, 5) is 24.1. The van der Waals surface area contributed by atoms with Gasteiger partial charge in [-0.2, -0.15) is 0 Å². The van der Waals surface area contributed by atoms with Crippen molar-refractivity contribution in [3.05, 3.63) is 0 Å². The van der Waals surface area contributed by atoms with Gasteiger partial charge in [-0.25, -0.2) is 4.79 Å². The third-order valence-corrected chi connectivity index (χ3v) is 3.02. The fourth-order valence-electron chi connectivity index (χ4n) is 0.982. The summed E-state index contributed by atoms with van der Waals surface area (Å²) in [6, 6.07) is -0.145. The lowest BCUT2D eigenvalue weighted by atomic mass is 9.88. The minimum absolute atomic E-state index is 0.0951. The van der Waals surface area contributed by atoms with Crippen LogP contribution in [0, 0.1) is 5.41 Å². The van der Waals surface area contributed by atoms with Gasteiger partial charge in [-0.3, -0.25) is 4.79 Å². The van der Waals surface area contributed by atoms with E-state index in [0.29, 0.717) is 6.42 Å². The van der Waals surface area contributed by atoms with E-state index in [1.54, 1.807) is 20.9 Å². The molecule has 0 heterocycles. The van der Waals surface area contributed by atoms with E-state index in [-0.39, 0.29) is 18.6 Å². The quantitative estimate of drug-likeness (QED) is 0.752. The van der Waals surface area contributed by atoms with Crippen molar-refractivity contribution >= 4 is 12.0 Å². The fraction of sp³-hybridized carbons (Fsp3) is 0.818. The van der Waals surface area contributed by atoms with Crippen LogP contribution in [0.4, 0.5) is 4.79 Å². The molecule has 0 bridgehead atoms. The van der Waals surface area contributed by atoms with Gasteiger partial charge in [-0.15, -0.1) is 0 Å². The summed E-state index contributed by atoms with van der Waals surface area (Å²) < 4.78 is 0. The van der Waals surface area contributed by atoms with E-state index in [1.165, 1.54) is 4.90 Å². The Morgan fingerprint density at radius 1 is 1.44 bits per heavy atom. The number of carboxylic acids is 1. The van der Waals surface area contributed by atoms with Crippen molar-refractivity contribution in [1.29, 1.82) is 0 Å². The second-order valence-electron chi connectivity index (χ2n) is 4.58. The lowest BCUT2D eigenvalue weighted by Gasteiger charge is -2.27. The lowest BCUT2D eigenvalue weighted by molar-refractivity contribution is -0.147. The van der Waals surface area contributed by atoms with Crippen LogP contribution in [0.2, 0.25) is 0 Å². The van der Waals surface area contributed by atoms with E-state index in [9.17, 15) is 9.59 Å². The maximum Gasteiger partial charge on any atom is 0.317 e. The van der Waals surface area contributed by atoms with E-state index in [4.69, 9.17) is 5.11 Å². The first-order valence-corrected chi connectivity index (χ1v) is 5.48. The van der Waals surface area contributed by atoms with Crippen LogP contribution in [-0.4, -0.2) is 41.6 Å². The lowest BCUT2D eigenvalue weighted by Crippen LogP contribution is -2.47. The van der Waals surface area contributed by atoms with Gasteiger partial charge in [0.1, 0.15) is 0 Å². The normalized spacial score (nSPS) is 14.4. The number of hydrogen-bond acceptors (Lipinski definition) is 2. The molecule has 1 atom stereocenters. The number of rotatable bonds is 5. The number of carboxylic acid groups (broad SMARTS) is 1. The summed E-state index contributed by atoms with van der Waals surface area (Å²) >= 11 is 0. The number of hydrogen-bond donors (Lipinski definition) is 2. The minimum atomic E-state index is -0.895. The van der Waals surface area contributed by atoms with E-state index in [1.807, 2.05) is 13.8 Å². The molecular weight excluding hydrogens is 208 g/mol. The number of nitrogens with one attached hydrogen (secondary N) is 1. The van der Waals surface area contributed by atoms with Gasteiger partial charge in [0, 0.05) is 19.6 Å². The predicted octanol–water partition coefficient (Wildman–Crippen LogP) is 1.54. The fourth-order valence-corrected chi connectivity index (χ4v) is 0.982. The molecule has 2 N–H and O–H groups in total. The summed E-state index contributed by atoms with van der Waals surface area (Å²) in [5.41, 5.74) is -0.895. The number of urea groups is 1. The smallest absolute Gasteiger partial charge is 0.317 e. The Balaban J connectivity index is 4.34. The maximum absolute atomic E-state index is 11.6. The SMILES string of the molecule is CCC(C)(CNC(=O)N(C)C(C)C)C(=O)O. The van der Waals surface area contributed by atoms with Crippen LogP contribution < -0.4 is 5.32 Å². The first-order valence-electron chi connectivity index (χ1n) is 5.48. The monoisotopic (exact) mass is 230 g/mol. The minimum Gasteiger partial charge on any atom is -0.481 e. The highest BCUT2D eigenvalue weighted by Crippen LogP contribution is 2.19. The predicted molar refractivity (Wildman–Crippen MR) is 62.3 cm³/mol. The zero-order valence-electron chi connectivity index (χ0n) is 10.7. The molecule has 0 aliphatic heterocycles. The Labute approximate surface area is 96.8 Å². The van der Waals surface area contributed by atoms with Crippen LogP contribution in [0.5, 0.6) is 0 Å². The Morgan fingerprint density at radius 3 is 2.25 bits per heavy atom. The number of amides is 2. The average molecular weight is 230 g/mol. The van der Waals surface area contributed by atoms with Gasteiger partial charge in [0.05, 0.1) is 5.41 Å². The summed E-state index contributed by atoms with van der Waals surface area (Å²) in [5.74, 6) is -0.887. The molecule has 0 radical (unpaired) electrons. The van der Waals surface area contributed by atoms with E-state index in [2.05, 4.69) is 5.32 Å². The summed E-state index contributed by atoms with van der Waals surface area (Å²) in [5, 5.41) is 11.7. The topological polar surface area (TPSA) is 69.6 Å². The molecule has 0 rings (SSSR count). The van der Waals surface area contributed by atoms with Crippen LogP contribution in [0.3, 0.4) is 0 Å². The third-order valence-electron chi connectivity index (χ3n) is 3.02. The molecule has 0 aromatic heterocycles. The summed E-state index contributed by atoms with van der Waals surface area (Å²) in [7, 11) is 1.68. The molecule has 0 aliphatic carbocycles. The van der Waals surface area contributed by atoms with Gasteiger partial charge in [-0.1, -0.05) is 6.92 Å². The molecule has 94 valence electrons. The van der Waals surface area contributed by atoms with Crippen LogP contribution in [0.25, 0.3) is 0 Å². The molecule has 0 fully saturated rings. The molecule has 0 aliphatic rings. The van der Waals surface area contributed by atoms with Gasteiger partial charge < -0.3 is 15.3 Å². The van der Waals surface area contributed by atoms with Gasteiger partial charge in [-0.05, 0) is 27.2 Å². The molecular formula is C11H22N2O3. The number of carbonyl (C=O) groups is 2. The molecule has 5 nitrogen and oxygen atoms in total. The zero-order chi connectivity index (χ0) is 12.9. The Morgan fingerprint density at radius 2 is 1.94 bits per heavy atom. The molecule has 0 spiro atoms. The molecule has 0 aromatic rings. The maximum atomic E-state index is 11.6. The average Bonchev–Trinajstić information content (AvgIpc) is 2.23. The van der Waals surface area contributed by atoms with Crippen molar-refractivity contribution < 1.29 is 14.7 Å². The largest absolute Gasteiger partial charge is 0.481 e. The van der Waals surface area contributed by atoms with Crippen LogP contribution in [0.15, 0.2) is 0 Å². The van der Waals surface area contributed by atoms with Crippen molar-refractivity contribution in [2.45, 2.75) is 40.2 Å². The van der Waals surface area contributed by atoms with Crippen molar-refractivity contribution in [2.24, 2.45) is 5.41 Å². The van der Waals surface area contributed by atoms with Gasteiger partial charge >= 0.3 is 12.0 Å². The number of carbonyl (C=O) groups excluding carboxylic acids is 1. The van der Waals surface area contributed by atoms with Crippen molar-refractivity contribution in [3.8, 4) is 0 Å². The van der Waals surface area contributed by atoms with Crippen molar-refractivity contribution in [3.63, 3.8) is 0 Å². The summed E-state index contributed by atoms with van der Waals surface area (Å²) in [6.07, 6.45) is 0.480. The zero-order valence-corrected chi connectivity index (χ0v) is 10.7. The Hall–Kier alpha value is -1.26. The molecule has 0 saturated heterocycles. The molecule has 1 unspecified atom stereocenters. The standard InChI is InChI=1S/C11H22N2O3/c1-6-11(4,9(14)15)7-12-10(16)13(5)8(2)3/h8H,6-7H2,1-5H3,(H,12,16)(H,14,15). The van der Waals surface area contributed by atoms with E-state index < -0.39 is 11.4 Å². The number of nitrogens with zero attached hydrogens (tertiary/aromatic N) is 1. The van der Waals surface area contributed by atoms with Gasteiger partial charge in [0.2, 0.25) is 0 Å². The van der Waals surface area contributed by atoms with Crippen LogP contribution in [0.1, 0.15) is 34.1 Å². The summed E-state index contributed by atoms with van der Waals surface area (Å²) in [6.45, 7) is 7.37. The van der Waals surface area contributed by atoms with Crippen LogP contribution >= 0.6 is 0 Å². The first-order chi connectivity index (χ1) is 7.24. The molecule has 5 heteroatoms. The first kappa shape index (κ1) is 14.7. The highest BCUT2D eigenvalue weighted by molar-refractivity contribution is 5.77. The van der Waals surface area contributed by atoms with E-state index >= 15 is 0 Å². The van der Waals surface area contributed by atoms with Gasteiger partial charge in [0.25, 0.3) is 0 Å².